The molecule has 0 fully saturated rings. The van der Waals surface area contributed by atoms with Gasteiger partial charge in [0.2, 0.25) is 0 Å². The van der Waals surface area contributed by atoms with Crippen LogP contribution >= 0.6 is 27.3 Å². The van der Waals surface area contributed by atoms with Gasteiger partial charge in [0, 0.05) is 18.4 Å². The SMILES string of the molecule is CC(CBr)N(C)S(=O)(=O)c1cccs1. The van der Waals surface area contributed by atoms with E-state index in [9.17, 15) is 8.42 Å². The Morgan fingerprint density at radius 3 is 2.71 bits per heavy atom. The molecule has 0 aliphatic carbocycles. The van der Waals surface area contributed by atoms with Crippen molar-refractivity contribution in [3.8, 4) is 0 Å². The minimum atomic E-state index is -3.29. The summed E-state index contributed by atoms with van der Waals surface area (Å²) in [4.78, 5) is 0. The topological polar surface area (TPSA) is 37.4 Å². The molecule has 1 heterocycles. The largest absolute Gasteiger partial charge is 0.252 e. The lowest BCUT2D eigenvalue weighted by atomic mass is 10.4. The van der Waals surface area contributed by atoms with Crippen LogP contribution in [0.2, 0.25) is 0 Å². The first kappa shape index (κ1) is 12.2. The third-order valence-electron chi connectivity index (χ3n) is 1.97. The summed E-state index contributed by atoms with van der Waals surface area (Å²) < 4.78 is 25.6. The van der Waals surface area contributed by atoms with Crippen LogP contribution in [0.4, 0.5) is 0 Å². The molecule has 0 saturated heterocycles. The van der Waals surface area contributed by atoms with Gasteiger partial charge in [-0.3, -0.25) is 0 Å². The van der Waals surface area contributed by atoms with Gasteiger partial charge in [-0.2, -0.15) is 4.31 Å². The average molecular weight is 298 g/mol. The number of thiophene rings is 1. The second-order valence-electron chi connectivity index (χ2n) is 2.96. The first-order valence-electron chi connectivity index (χ1n) is 4.07. The molecule has 1 aromatic rings. The lowest BCUT2D eigenvalue weighted by molar-refractivity contribution is 0.417. The van der Waals surface area contributed by atoms with Crippen molar-refractivity contribution in [3.05, 3.63) is 17.5 Å². The third kappa shape index (κ3) is 2.36. The molecule has 1 unspecified atom stereocenters. The van der Waals surface area contributed by atoms with Crippen LogP contribution in [-0.2, 0) is 10.0 Å². The fraction of sp³-hybridized carbons (Fsp3) is 0.500. The molecule has 0 N–H and O–H groups in total. The molecule has 0 spiro atoms. The summed E-state index contributed by atoms with van der Waals surface area (Å²) >= 11 is 4.51. The van der Waals surface area contributed by atoms with Gasteiger partial charge in [0.1, 0.15) is 4.21 Å². The van der Waals surface area contributed by atoms with Gasteiger partial charge >= 0.3 is 0 Å². The zero-order valence-corrected chi connectivity index (χ0v) is 11.2. The number of hydrogen-bond acceptors (Lipinski definition) is 3. The molecule has 0 saturated carbocycles. The van der Waals surface area contributed by atoms with Crippen molar-refractivity contribution in [2.24, 2.45) is 0 Å². The Kier molecular flexibility index (Phi) is 4.12. The van der Waals surface area contributed by atoms with E-state index in [4.69, 9.17) is 0 Å². The quantitative estimate of drug-likeness (QED) is 0.799. The second kappa shape index (κ2) is 4.74. The van der Waals surface area contributed by atoms with Gasteiger partial charge in [0.25, 0.3) is 10.0 Å². The Bertz CT molecular complexity index is 374. The highest BCUT2D eigenvalue weighted by Crippen LogP contribution is 2.21. The van der Waals surface area contributed by atoms with Crippen molar-refractivity contribution in [2.45, 2.75) is 17.2 Å². The van der Waals surface area contributed by atoms with Crippen LogP contribution in [0.25, 0.3) is 0 Å². The van der Waals surface area contributed by atoms with E-state index in [0.29, 0.717) is 9.54 Å². The summed E-state index contributed by atoms with van der Waals surface area (Å²) in [6, 6.07) is 3.32. The molecule has 0 radical (unpaired) electrons. The first-order chi connectivity index (χ1) is 6.50. The summed E-state index contributed by atoms with van der Waals surface area (Å²) in [6.07, 6.45) is 0. The van der Waals surface area contributed by atoms with Crippen LogP contribution in [0.15, 0.2) is 21.7 Å². The predicted octanol–water partition coefficient (Wildman–Crippen LogP) is 2.15. The molecule has 0 amide bonds. The summed E-state index contributed by atoms with van der Waals surface area (Å²) in [5.41, 5.74) is 0. The van der Waals surface area contributed by atoms with Gasteiger partial charge in [-0.05, 0) is 18.4 Å². The highest BCUT2D eigenvalue weighted by atomic mass is 79.9. The van der Waals surface area contributed by atoms with Crippen molar-refractivity contribution in [1.82, 2.24) is 4.31 Å². The predicted molar refractivity (Wildman–Crippen MR) is 62.5 cm³/mol. The second-order valence-corrected chi connectivity index (χ2v) is 6.78. The van der Waals surface area contributed by atoms with Gasteiger partial charge < -0.3 is 0 Å². The van der Waals surface area contributed by atoms with Crippen LogP contribution in [-0.4, -0.2) is 31.1 Å². The number of sulfonamides is 1. The van der Waals surface area contributed by atoms with Crippen LogP contribution in [0, 0.1) is 0 Å². The molecule has 0 aliphatic rings. The molecule has 3 nitrogen and oxygen atoms in total. The fourth-order valence-corrected chi connectivity index (χ4v) is 4.05. The van der Waals surface area contributed by atoms with E-state index in [0.717, 1.165) is 0 Å². The smallest absolute Gasteiger partial charge is 0.206 e. The van der Waals surface area contributed by atoms with Gasteiger partial charge in [-0.15, -0.1) is 11.3 Å². The molecule has 1 aromatic heterocycles. The standard InChI is InChI=1S/C8H12BrNO2S2/c1-7(6-9)10(2)14(11,12)8-4-3-5-13-8/h3-5,7H,6H2,1-2H3. The molecule has 0 bridgehead atoms. The molecular weight excluding hydrogens is 286 g/mol. The minimum Gasteiger partial charge on any atom is -0.206 e. The molecule has 0 aromatic carbocycles. The van der Waals surface area contributed by atoms with E-state index in [2.05, 4.69) is 15.9 Å². The van der Waals surface area contributed by atoms with Crippen LogP contribution in [0.5, 0.6) is 0 Å². The van der Waals surface area contributed by atoms with Crippen molar-refractivity contribution in [3.63, 3.8) is 0 Å². The Morgan fingerprint density at radius 1 is 1.64 bits per heavy atom. The third-order valence-corrected chi connectivity index (χ3v) is 6.25. The van der Waals surface area contributed by atoms with Gasteiger partial charge in [0.15, 0.2) is 0 Å². The molecule has 6 heteroatoms. The summed E-state index contributed by atoms with van der Waals surface area (Å²) in [5.74, 6) is 0. The maximum absolute atomic E-state index is 11.9. The minimum absolute atomic E-state index is 0.0397. The van der Waals surface area contributed by atoms with E-state index >= 15 is 0 Å². The van der Waals surface area contributed by atoms with Gasteiger partial charge in [-0.1, -0.05) is 22.0 Å². The van der Waals surface area contributed by atoms with Gasteiger partial charge in [0.05, 0.1) is 0 Å². The molecule has 14 heavy (non-hydrogen) atoms. The lowest BCUT2D eigenvalue weighted by Gasteiger charge is -2.21. The fourth-order valence-electron chi connectivity index (χ4n) is 0.886. The lowest BCUT2D eigenvalue weighted by Crippen LogP contribution is -2.35. The van der Waals surface area contributed by atoms with Gasteiger partial charge in [-0.25, -0.2) is 8.42 Å². The van der Waals surface area contributed by atoms with Crippen LogP contribution in [0.3, 0.4) is 0 Å². The highest BCUT2D eigenvalue weighted by molar-refractivity contribution is 9.09. The highest BCUT2D eigenvalue weighted by Gasteiger charge is 2.25. The Hall–Kier alpha value is 0.0900. The summed E-state index contributed by atoms with van der Waals surface area (Å²) in [6.45, 7) is 1.86. The molecule has 80 valence electrons. The van der Waals surface area contributed by atoms with Crippen molar-refractivity contribution in [2.75, 3.05) is 12.4 Å². The Morgan fingerprint density at radius 2 is 2.29 bits per heavy atom. The normalized spacial score (nSPS) is 14.6. The summed E-state index contributed by atoms with van der Waals surface area (Å²) in [7, 11) is -1.69. The van der Waals surface area contributed by atoms with E-state index in [1.807, 2.05) is 6.92 Å². The zero-order chi connectivity index (χ0) is 10.8. The molecular formula is C8H12BrNO2S2. The number of nitrogens with zero attached hydrogens (tertiary/aromatic N) is 1. The number of hydrogen-bond donors (Lipinski definition) is 0. The van der Waals surface area contributed by atoms with Crippen molar-refractivity contribution in [1.29, 1.82) is 0 Å². The Balaban J connectivity index is 2.97. The van der Waals surface area contributed by atoms with E-state index < -0.39 is 10.0 Å². The summed E-state index contributed by atoms with van der Waals surface area (Å²) in [5, 5.41) is 2.40. The monoisotopic (exact) mass is 297 g/mol. The van der Waals surface area contributed by atoms with E-state index in [1.165, 1.54) is 15.6 Å². The first-order valence-corrected chi connectivity index (χ1v) is 7.51. The average Bonchev–Trinajstić information content (AvgIpc) is 2.68. The number of alkyl halides is 1. The van der Waals surface area contributed by atoms with Crippen molar-refractivity contribution >= 4 is 37.3 Å². The molecule has 1 atom stereocenters. The van der Waals surface area contributed by atoms with E-state index in [1.54, 1.807) is 24.6 Å². The number of halogens is 1. The van der Waals surface area contributed by atoms with E-state index in [-0.39, 0.29) is 6.04 Å². The van der Waals surface area contributed by atoms with Crippen LogP contribution < -0.4 is 0 Å². The molecule has 0 aliphatic heterocycles. The van der Waals surface area contributed by atoms with Crippen molar-refractivity contribution < 1.29 is 8.42 Å². The zero-order valence-electron chi connectivity index (χ0n) is 7.97. The molecule has 1 rings (SSSR count). The Labute approximate surface area is 96.9 Å². The maximum atomic E-state index is 11.9. The maximum Gasteiger partial charge on any atom is 0.252 e. The van der Waals surface area contributed by atoms with Crippen LogP contribution in [0.1, 0.15) is 6.92 Å². The number of rotatable bonds is 4.